The summed E-state index contributed by atoms with van der Waals surface area (Å²) in [5.41, 5.74) is 0.138. The lowest BCUT2D eigenvalue weighted by Gasteiger charge is -2.55. The van der Waals surface area contributed by atoms with Crippen molar-refractivity contribution in [2.75, 3.05) is 19.8 Å². The molecular weight excluding hydrogens is 457 g/mol. The summed E-state index contributed by atoms with van der Waals surface area (Å²) >= 11 is 0. The topological polar surface area (TPSA) is 72.0 Å². The van der Waals surface area contributed by atoms with Crippen LogP contribution in [-0.4, -0.2) is 49.9 Å². The summed E-state index contributed by atoms with van der Waals surface area (Å²) in [5.74, 6) is 1.54. The highest BCUT2D eigenvalue weighted by molar-refractivity contribution is 14.0. The lowest BCUT2D eigenvalue weighted by atomic mass is 9.57. The third-order valence-corrected chi connectivity index (χ3v) is 6.40. The van der Waals surface area contributed by atoms with E-state index in [-0.39, 0.29) is 41.3 Å². The molecule has 0 spiro atoms. The third-order valence-electron chi connectivity index (χ3n) is 6.40. The number of esters is 1. The summed E-state index contributed by atoms with van der Waals surface area (Å²) in [4.78, 5) is 16.6. The van der Waals surface area contributed by atoms with Gasteiger partial charge in [0.05, 0.1) is 18.6 Å². The first-order chi connectivity index (χ1) is 12.5. The predicted molar refractivity (Wildman–Crippen MR) is 117 cm³/mol. The number of ether oxygens (including phenoxy) is 2. The van der Waals surface area contributed by atoms with Crippen LogP contribution in [0.25, 0.3) is 0 Å². The van der Waals surface area contributed by atoms with Crippen LogP contribution in [0, 0.1) is 17.3 Å². The fourth-order valence-corrected chi connectivity index (χ4v) is 4.98. The van der Waals surface area contributed by atoms with E-state index >= 15 is 0 Å². The highest BCUT2D eigenvalue weighted by Gasteiger charge is 2.59. The zero-order chi connectivity index (χ0) is 18.7. The van der Waals surface area contributed by atoms with E-state index in [1.165, 1.54) is 0 Å². The Morgan fingerprint density at radius 1 is 1.15 bits per heavy atom. The Labute approximate surface area is 180 Å². The second kappa shape index (κ2) is 9.76. The highest BCUT2D eigenvalue weighted by atomic mass is 127. The second-order valence-electron chi connectivity index (χ2n) is 8.46. The molecule has 0 aromatic rings. The van der Waals surface area contributed by atoms with Gasteiger partial charge in [-0.2, -0.15) is 0 Å². The van der Waals surface area contributed by atoms with E-state index in [0.29, 0.717) is 30.7 Å². The van der Waals surface area contributed by atoms with Crippen LogP contribution in [0.5, 0.6) is 0 Å². The maximum absolute atomic E-state index is 11.9. The van der Waals surface area contributed by atoms with Crippen LogP contribution in [0.1, 0.15) is 59.8 Å². The minimum absolute atomic E-state index is 0. The van der Waals surface area contributed by atoms with Crippen molar-refractivity contribution in [2.45, 2.75) is 78.0 Å². The van der Waals surface area contributed by atoms with Crippen molar-refractivity contribution in [3.8, 4) is 0 Å². The molecule has 27 heavy (non-hydrogen) atoms. The zero-order valence-electron chi connectivity index (χ0n) is 17.1. The molecule has 7 heteroatoms. The van der Waals surface area contributed by atoms with Crippen LogP contribution < -0.4 is 10.6 Å². The Balaban J connectivity index is 0.00000261. The highest BCUT2D eigenvalue weighted by Crippen LogP contribution is 2.52. The molecule has 3 rings (SSSR count). The lowest BCUT2D eigenvalue weighted by Crippen LogP contribution is -2.68. The van der Waals surface area contributed by atoms with Gasteiger partial charge in [-0.3, -0.25) is 9.79 Å². The quantitative estimate of drug-likeness (QED) is 0.267. The largest absolute Gasteiger partial charge is 0.466 e. The SMILES string of the molecule is CCN=C(NC1CCC(C(=O)OCC)CC1)NC1C2CCOC2C1(C)C.I. The molecule has 0 amide bonds. The minimum atomic E-state index is -0.0324. The summed E-state index contributed by atoms with van der Waals surface area (Å²) in [6.45, 7) is 10.6. The molecule has 0 radical (unpaired) electrons. The summed E-state index contributed by atoms with van der Waals surface area (Å²) in [6, 6.07) is 0.779. The van der Waals surface area contributed by atoms with Crippen LogP contribution in [0.2, 0.25) is 0 Å². The van der Waals surface area contributed by atoms with Crippen molar-refractivity contribution in [3.05, 3.63) is 0 Å². The molecule has 2 saturated carbocycles. The molecule has 3 atom stereocenters. The van der Waals surface area contributed by atoms with Crippen molar-refractivity contribution in [3.63, 3.8) is 0 Å². The van der Waals surface area contributed by atoms with Crippen molar-refractivity contribution in [1.82, 2.24) is 10.6 Å². The van der Waals surface area contributed by atoms with Crippen LogP contribution in [0.4, 0.5) is 0 Å². The molecule has 0 bridgehead atoms. The van der Waals surface area contributed by atoms with E-state index in [1.54, 1.807) is 0 Å². The Hall–Kier alpha value is -0.570. The predicted octanol–water partition coefficient (Wildman–Crippen LogP) is 3.09. The van der Waals surface area contributed by atoms with Crippen molar-refractivity contribution < 1.29 is 14.3 Å². The molecule has 6 nitrogen and oxygen atoms in total. The Bertz CT molecular complexity index is 533. The average molecular weight is 493 g/mol. The van der Waals surface area contributed by atoms with E-state index in [2.05, 4.69) is 36.4 Å². The van der Waals surface area contributed by atoms with E-state index in [0.717, 1.165) is 51.2 Å². The fourth-order valence-electron chi connectivity index (χ4n) is 4.98. The van der Waals surface area contributed by atoms with Gasteiger partial charge in [-0.1, -0.05) is 13.8 Å². The molecule has 1 saturated heterocycles. The van der Waals surface area contributed by atoms with Gasteiger partial charge in [-0.25, -0.2) is 0 Å². The molecule has 1 aliphatic heterocycles. The number of nitrogens with zero attached hydrogens (tertiary/aromatic N) is 1. The van der Waals surface area contributed by atoms with Crippen molar-refractivity contribution in [2.24, 2.45) is 22.2 Å². The van der Waals surface area contributed by atoms with Crippen LogP contribution >= 0.6 is 24.0 Å². The molecule has 3 unspecified atom stereocenters. The van der Waals surface area contributed by atoms with Gasteiger partial charge in [-0.05, 0) is 46.0 Å². The Morgan fingerprint density at radius 2 is 1.85 bits per heavy atom. The molecular formula is C20H36IN3O3. The number of rotatable bonds is 5. The van der Waals surface area contributed by atoms with E-state index in [9.17, 15) is 4.79 Å². The van der Waals surface area contributed by atoms with Crippen molar-refractivity contribution >= 4 is 35.9 Å². The molecule has 156 valence electrons. The Morgan fingerprint density at radius 3 is 2.48 bits per heavy atom. The maximum atomic E-state index is 11.9. The monoisotopic (exact) mass is 493 g/mol. The fraction of sp³-hybridized carbons (Fsp3) is 0.900. The number of aliphatic imine (C=N–C) groups is 1. The standard InChI is InChI=1S/C20H35N3O3.HI/c1-5-21-19(23-16-15-11-12-26-17(15)20(16,3)4)22-14-9-7-13(8-10-14)18(24)25-6-2;/h13-17H,5-12H2,1-4H3,(H2,21,22,23);1H. The number of carbonyl (C=O) groups is 1. The van der Waals surface area contributed by atoms with Gasteiger partial charge >= 0.3 is 5.97 Å². The van der Waals surface area contributed by atoms with Crippen LogP contribution in [0.3, 0.4) is 0 Å². The summed E-state index contributed by atoms with van der Waals surface area (Å²) in [5, 5.41) is 7.30. The van der Waals surface area contributed by atoms with E-state index < -0.39 is 0 Å². The summed E-state index contributed by atoms with van der Waals surface area (Å²) < 4.78 is 11.1. The van der Waals surface area contributed by atoms with Gasteiger partial charge in [0.25, 0.3) is 0 Å². The lowest BCUT2D eigenvalue weighted by molar-refractivity contribution is -0.149. The maximum Gasteiger partial charge on any atom is 0.308 e. The second-order valence-corrected chi connectivity index (χ2v) is 8.46. The van der Waals surface area contributed by atoms with Gasteiger partial charge in [0.15, 0.2) is 5.96 Å². The number of hydrogen-bond donors (Lipinski definition) is 2. The smallest absolute Gasteiger partial charge is 0.308 e. The van der Waals surface area contributed by atoms with Gasteiger partial charge in [-0.15, -0.1) is 24.0 Å². The van der Waals surface area contributed by atoms with E-state index in [4.69, 9.17) is 9.47 Å². The Kier molecular flexibility index (Phi) is 8.21. The van der Waals surface area contributed by atoms with Gasteiger partial charge in [0.1, 0.15) is 0 Å². The first-order valence-electron chi connectivity index (χ1n) is 10.3. The molecule has 1 heterocycles. The average Bonchev–Trinajstić information content (AvgIpc) is 3.08. The molecule has 3 aliphatic rings. The number of halogens is 1. The molecule has 0 aromatic heterocycles. The third kappa shape index (κ3) is 4.89. The van der Waals surface area contributed by atoms with Crippen LogP contribution in [-0.2, 0) is 14.3 Å². The van der Waals surface area contributed by atoms with Gasteiger partial charge in [0.2, 0.25) is 0 Å². The molecule has 3 fully saturated rings. The minimum Gasteiger partial charge on any atom is -0.466 e. The molecule has 2 aliphatic carbocycles. The first-order valence-corrected chi connectivity index (χ1v) is 10.3. The molecule has 0 aromatic carbocycles. The van der Waals surface area contributed by atoms with Crippen molar-refractivity contribution in [1.29, 1.82) is 0 Å². The molecule has 2 N–H and O–H groups in total. The number of fused-ring (bicyclic) bond motifs is 1. The number of carbonyl (C=O) groups excluding carboxylic acids is 1. The van der Waals surface area contributed by atoms with Crippen LogP contribution in [0.15, 0.2) is 4.99 Å². The first kappa shape index (κ1) is 22.7. The number of hydrogen-bond acceptors (Lipinski definition) is 4. The number of nitrogens with one attached hydrogen (secondary N) is 2. The summed E-state index contributed by atoms with van der Waals surface area (Å²) in [7, 11) is 0. The van der Waals surface area contributed by atoms with Gasteiger partial charge < -0.3 is 20.1 Å². The van der Waals surface area contributed by atoms with Gasteiger partial charge in [0, 0.05) is 36.6 Å². The normalized spacial score (nSPS) is 34.7. The zero-order valence-corrected chi connectivity index (χ0v) is 19.5. The number of guanidine groups is 1. The van der Waals surface area contributed by atoms with E-state index in [1.807, 2.05) is 6.92 Å². The summed E-state index contributed by atoms with van der Waals surface area (Å²) in [6.07, 6.45) is 5.26.